The molecule has 1 aromatic rings. The molecule has 1 aliphatic carbocycles. The second kappa shape index (κ2) is 6.36. The molecule has 1 heterocycles. The number of hydrogen-bond donors (Lipinski definition) is 0. The number of piperazine rings is 1. The lowest BCUT2D eigenvalue weighted by Crippen LogP contribution is -2.50. The number of esters is 1. The summed E-state index contributed by atoms with van der Waals surface area (Å²) in [6.07, 6.45) is 2.25. The summed E-state index contributed by atoms with van der Waals surface area (Å²) in [6, 6.07) is 7.11. The maximum Gasteiger partial charge on any atom is 0.415 e. The molecule has 0 radical (unpaired) electrons. The Hall–Kier alpha value is -2.08. The van der Waals surface area contributed by atoms with Crippen LogP contribution in [0.4, 0.5) is 4.79 Å². The molecule has 3 rings (SSSR count). The highest BCUT2D eigenvalue weighted by atomic mass is 16.6. The maximum atomic E-state index is 12.1. The Morgan fingerprint density at radius 3 is 2.23 bits per heavy atom. The van der Waals surface area contributed by atoms with E-state index < -0.39 is 5.97 Å². The molecule has 0 unspecified atom stereocenters. The highest BCUT2D eigenvalue weighted by Crippen LogP contribution is 2.27. The molecule has 0 atom stereocenters. The third kappa shape index (κ3) is 3.39. The zero-order chi connectivity index (χ0) is 15.5. The zero-order valence-electron chi connectivity index (χ0n) is 12.7. The van der Waals surface area contributed by atoms with Crippen LogP contribution in [-0.4, -0.2) is 61.2 Å². The van der Waals surface area contributed by atoms with Gasteiger partial charge in [0.25, 0.3) is 0 Å². The first-order valence-corrected chi connectivity index (χ1v) is 7.56. The Morgan fingerprint density at radius 2 is 1.68 bits per heavy atom. The van der Waals surface area contributed by atoms with Crippen LogP contribution in [0.3, 0.4) is 0 Å². The molecule has 1 saturated carbocycles. The summed E-state index contributed by atoms with van der Waals surface area (Å²) in [5.74, 6) is 0.0244. The van der Waals surface area contributed by atoms with Crippen LogP contribution in [0, 0.1) is 0 Å². The standard InChI is InChI=1S/C16H20N2O4/c1-21-15(19)12-2-6-14(7-3-12)22-16(20)18-10-8-17(9-11-18)13-4-5-13/h2-3,6-7,13H,4-5,8-11H2,1H3. The van der Waals surface area contributed by atoms with Crippen molar-refractivity contribution in [2.45, 2.75) is 18.9 Å². The molecule has 0 aromatic heterocycles. The van der Waals surface area contributed by atoms with E-state index >= 15 is 0 Å². The van der Waals surface area contributed by atoms with Gasteiger partial charge >= 0.3 is 12.1 Å². The first-order valence-electron chi connectivity index (χ1n) is 7.56. The Bertz CT molecular complexity index is 546. The molecule has 0 bridgehead atoms. The van der Waals surface area contributed by atoms with Gasteiger partial charge in [0.2, 0.25) is 0 Å². The molecule has 1 amide bonds. The van der Waals surface area contributed by atoms with E-state index in [-0.39, 0.29) is 6.09 Å². The molecular formula is C16H20N2O4. The highest BCUT2D eigenvalue weighted by Gasteiger charge is 2.32. The van der Waals surface area contributed by atoms with Crippen LogP contribution in [0.15, 0.2) is 24.3 Å². The number of ether oxygens (including phenoxy) is 2. The summed E-state index contributed by atoms with van der Waals surface area (Å²) in [7, 11) is 1.33. The van der Waals surface area contributed by atoms with Crippen molar-refractivity contribution in [1.82, 2.24) is 9.80 Å². The van der Waals surface area contributed by atoms with Gasteiger partial charge in [-0.15, -0.1) is 0 Å². The summed E-state index contributed by atoms with van der Waals surface area (Å²) < 4.78 is 9.98. The largest absolute Gasteiger partial charge is 0.465 e. The third-order valence-corrected chi connectivity index (χ3v) is 4.12. The second-order valence-electron chi connectivity index (χ2n) is 5.64. The fourth-order valence-electron chi connectivity index (χ4n) is 2.65. The number of amides is 1. The SMILES string of the molecule is COC(=O)c1ccc(OC(=O)N2CCN(C3CC3)CC2)cc1. The number of methoxy groups -OCH3 is 1. The van der Waals surface area contributed by atoms with Gasteiger partial charge < -0.3 is 14.4 Å². The van der Waals surface area contributed by atoms with Gasteiger partial charge in [0.05, 0.1) is 12.7 Å². The van der Waals surface area contributed by atoms with Crippen molar-refractivity contribution in [3.8, 4) is 5.75 Å². The zero-order valence-corrected chi connectivity index (χ0v) is 12.7. The average molecular weight is 304 g/mol. The second-order valence-corrected chi connectivity index (χ2v) is 5.64. The summed E-state index contributed by atoms with van der Waals surface area (Å²) in [5.41, 5.74) is 0.431. The molecule has 1 saturated heterocycles. The molecule has 6 heteroatoms. The highest BCUT2D eigenvalue weighted by molar-refractivity contribution is 5.89. The molecule has 0 N–H and O–H groups in total. The van der Waals surface area contributed by atoms with Crippen molar-refractivity contribution < 1.29 is 19.1 Å². The van der Waals surface area contributed by atoms with Gasteiger partial charge in [0, 0.05) is 32.2 Å². The number of hydrogen-bond acceptors (Lipinski definition) is 5. The summed E-state index contributed by atoms with van der Waals surface area (Å²) in [4.78, 5) is 27.6. The van der Waals surface area contributed by atoms with E-state index in [1.165, 1.54) is 20.0 Å². The van der Waals surface area contributed by atoms with Crippen molar-refractivity contribution >= 4 is 12.1 Å². The van der Waals surface area contributed by atoms with Crippen LogP contribution in [0.2, 0.25) is 0 Å². The Kier molecular flexibility index (Phi) is 4.29. The van der Waals surface area contributed by atoms with Gasteiger partial charge in [-0.1, -0.05) is 0 Å². The molecule has 22 heavy (non-hydrogen) atoms. The third-order valence-electron chi connectivity index (χ3n) is 4.12. The van der Waals surface area contributed by atoms with Crippen molar-refractivity contribution in [1.29, 1.82) is 0 Å². The number of benzene rings is 1. The molecular weight excluding hydrogens is 284 g/mol. The molecule has 6 nitrogen and oxygen atoms in total. The lowest BCUT2D eigenvalue weighted by molar-refractivity contribution is 0.0600. The van der Waals surface area contributed by atoms with Gasteiger partial charge in [-0.2, -0.15) is 0 Å². The van der Waals surface area contributed by atoms with Gasteiger partial charge in [0.15, 0.2) is 0 Å². The number of carbonyl (C=O) groups is 2. The van der Waals surface area contributed by atoms with Gasteiger partial charge in [-0.05, 0) is 37.1 Å². The van der Waals surface area contributed by atoms with E-state index in [2.05, 4.69) is 9.64 Å². The Morgan fingerprint density at radius 1 is 1.05 bits per heavy atom. The summed E-state index contributed by atoms with van der Waals surface area (Å²) in [6.45, 7) is 3.24. The first-order chi connectivity index (χ1) is 10.7. The molecule has 2 fully saturated rings. The Labute approximate surface area is 129 Å². The van der Waals surface area contributed by atoms with Crippen LogP contribution in [0.1, 0.15) is 23.2 Å². The van der Waals surface area contributed by atoms with Crippen LogP contribution in [-0.2, 0) is 4.74 Å². The van der Waals surface area contributed by atoms with Crippen LogP contribution in [0.5, 0.6) is 5.75 Å². The minimum atomic E-state index is -0.408. The fraction of sp³-hybridized carbons (Fsp3) is 0.500. The van der Waals surface area contributed by atoms with E-state index in [1.54, 1.807) is 29.2 Å². The van der Waals surface area contributed by atoms with Crippen molar-refractivity contribution in [3.63, 3.8) is 0 Å². The summed E-state index contributed by atoms with van der Waals surface area (Å²) in [5, 5.41) is 0. The molecule has 0 spiro atoms. The molecule has 2 aliphatic rings. The topological polar surface area (TPSA) is 59.1 Å². The average Bonchev–Trinajstić information content (AvgIpc) is 3.40. The number of carbonyl (C=O) groups excluding carboxylic acids is 2. The minimum Gasteiger partial charge on any atom is -0.465 e. The lowest BCUT2D eigenvalue weighted by Gasteiger charge is -2.34. The van der Waals surface area contributed by atoms with Crippen molar-refractivity contribution in [2.75, 3.05) is 33.3 Å². The fourth-order valence-corrected chi connectivity index (χ4v) is 2.65. The molecule has 1 aliphatic heterocycles. The van der Waals surface area contributed by atoms with E-state index in [0.717, 1.165) is 19.1 Å². The molecule has 1 aromatic carbocycles. The van der Waals surface area contributed by atoms with E-state index in [9.17, 15) is 9.59 Å². The van der Waals surface area contributed by atoms with E-state index in [0.29, 0.717) is 24.4 Å². The predicted molar refractivity (Wildman–Crippen MR) is 80.0 cm³/mol. The van der Waals surface area contributed by atoms with Gasteiger partial charge in [-0.3, -0.25) is 4.90 Å². The van der Waals surface area contributed by atoms with E-state index in [4.69, 9.17) is 4.74 Å². The minimum absolute atomic E-state index is 0.332. The molecule has 118 valence electrons. The smallest absolute Gasteiger partial charge is 0.415 e. The summed E-state index contributed by atoms with van der Waals surface area (Å²) >= 11 is 0. The number of nitrogens with zero attached hydrogens (tertiary/aromatic N) is 2. The first kappa shape index (κ1) is 14.8. The van der Waals surface area contributed by atoms with E-state index in [1.807, 2.05) is 0 Å². The normalized spacial score (nSPS) is 18.9. The predicted octanol–water partition coefficient (Wildman–Crippen LogP) is 1.75. The monoisotopic (exact) mass is 304 g/mol. The lowest BCUT2D eigenvalue weighted by atomic mass is 10.2. The number of rotatable bonds is 3. The van der Waals surface area contributed by atoms with Crippen molar-refractivity contribution in [3.05, 3.63) is 29.8 Å². The van der Waals surface area contributed by atoms with Gasteiger partial charge in [-0.25, -0.2) is 9.59 Å². The van der Waals surface area contributed by atoms with Crippen LogP contribution < -0.4 is 4.74 Å². The van der Waals surface area contributed by atoms with Crippen LogP contribution in [0.25, 0.3) is 0 Å². The Balaban J connectivity index is 1.52. The van der Waals surface area contributed by atoms with Crippen LogP contribution >= 0.6 is 0 Å². The quantitative estimate of drug-likeness (QED) is 0.796. The van der Waals surface area contributed by atoms with Crippen molar-refractivity contribution in [2.24, 2.45) is 0 Å². The van der Waals surface area contributed by atoms with Gasteiger partial charge in [0.1, 0.15) is 5.75 Å². The maximum absolute atomic E-state index is 12.1.